The average Bonchev–Trinajstić information content (AvgIpc) is 2.83. The molecule has 4 nitrogen and oxygen atoms in total. The Morgan fingerprint density at radius 2 is 2.14 bits per heavy atom. The summed E-state index contributed by atoms with van der Waals surface area (Å²) < 4.78 is 0. The minimum Gasteiger partial charge on any atom is -0.479 e. The molecule has 0 saturated carbocycles. The molecule has 1 N–H and O–H groups in total. The van der Waals surface area contributed by atoms with Crippen molar-refractivity contribution in [2.24, 2.45) is 0 Å². The van der Waals surface area contributed by atoms with Crippen LogP contribution in [0, 0.1) is 6.92 Å². The Morgan fingerprint density at radius 3 is 2.71 bits per heavy atom. The Balaban J connectivity index is 2.39. The second-order valence-electron chi connectivity index (χ2n) is 5.61. The van der Waals surface area contributed by atoms with Crippen molar-refractivity contribution in [3.63, 3.8) is 0 Å². The second kappa shape index (κ2) is 6.06. The molecule has 0 aliphatic carbocycles. The maximum atomic E-state index is 12.8. The monoisotopic (exact) mass is 309 g/mol. The Hall–Kier alpha value is -1.55. The van der Waals surface area contributed by atoms with Crippen LogP contribution in [0.25, 0.3) is 0 Å². The first-order valence-electron chi connectivity index (χ1n) is 7.24. The number of rotatable bonds is 4. The van der Waals surface area contributed by atoms with E-state index in [0.717, 1.165) is 18.4 Å². The molecule has 1 fully saturated rings. The van der Waals surface area contributed by atoms with Crippen molar-refractivity contribution in [2.75, 3.05) is 6.54 Å². The number of hydrogen-bond acceptors (Lipinski definition) is 2. The molecule has 2 rings (SSSR count). The highest BCUT2D eigenvalue weighted by Crippen LogP contribution is 2.35. The fourth-order valence-corrected chi connectivity index (χ4v) is 3.42. The number of benzene rings is 1. The van der Waals surface area contributed by atoms with Gasteiger partial charge < -0.3 is 10.0 Å². The van der Waals surface area contributed by atoms with Crippen molar-refractivity contribution in [1.82, 2.24) is 4.90 Å². The summed E-state index contributed by atoms with van der Waals surface area (Å²) in [6.45, 7) is 4.25. The summed E-state index contributed by atoms with van der Waals surface area (Å²) in [6.07, 6.45) is 2.47. The lowest BCUT2D eigenvalue weighted by molar-refractivity contribution is -0.148. The lowest BCUT2D eigenvalue weighted by Crippen LogP contribution is -2.53. The van der Waals surface area contributed by atoms with Crippen LogP contribution < -0.4 is 0 Å². The lowest BCUT2D eigenvalue weighted by Gasteiger charge is -2.35. The van der Waals surface area contributed by atoms with Crippen LogP contribution in [-0.4, -0.2) is 34.0 Å². The highest BCUT2D eigenvalue weighted by atomic mass is 35.5. The molecule has 1 amide bonds. The molecule has 0 spiro atoms. The Bertz CT molecular complexity index is 573. The largest absolute Gasteiger partial charge is 0.479 e. The SMILES string of the molecule is CCCC1(C(=O)O)CCCN1C(=O)c1ccc(Cl)cc1C. The first kappa shape index (κ1) is 15.8. The van der Waals surface area contributed by atoms with Gasteiger partial charge in [-0.05, 0) is 49.9 Å². The lowest BCUT2D eigenvalue weighted by atomic mass is 9.90. The quantitative estimate of drug-likeness (QED) is 0.926. The van der Waals surface area contributed by atoms with Crippen LogP contribution in [0.1, 0.15) is 48.5 Å². The average molecular weight is 310 g/mol. The highest BCUT2D eigenvalue weighted by Gasteiger charge is 2.49. The number of carboxylic acid groups (broad SMARTS) is 1. The van der Waals surface area contributed by atoms with Crippen LogP contribution >= 0.6 is 11.6 Å². The first-order valence-corrected chi connectivity index (χ1v) is 7.61. The van der Waals surface area contributed by atoms with Gasteiger partial charge in [0.1, 0.15) is 5.54 Å². The number of carbonyl (C=O) groups is 2. The van der Waals surface area contributed by atoms with Gasteiger partial charge in [0, 0.05) is 17.1 Å². The molecule has 0 aromatic heterocycles. The predicted octanol–water partition coefficient (Wildman–Crippen LogP) is 3.51. The van der Waals surface area contributed by atoms with Gasteiger partial charge in [-0.3, -0.25) is 4.79 Å². The summed E-state index contributed by atoms with van der Waals surface area (Å²) >= 11 is 5.92. The standard InChI is InChI=1S/C16H20ClNO3/c1-3-7-16(15(20)21)8-4-9-18(16)14(19)13-6-5-12(17)10-11(13)2/h5-6,10H,3-4,7-9H2,1-2H3,(H,20,21). The minimum atomic E-state index is -1.06. The summed E-state index contributed by atoms with van der Waals surface area (Å²) in [5.74, 6) is -1.11. The number of carbonyl (C=O) groups excluding carboxylic acids is 1. The maximum Gasteiger partial charge on any atom is 0.329 e. The molecule has 1 aliphatic rings. The summed E-state index contributed by atoms with van der Waals surface area (Å²) in [5.41, 5.74) is 0.246. The molecule has 5 heteroatoms. The second-order valence-corrected chi connectivity index (χ2v) is 6.04. The maximum absolute atomic E-state index is 12.8. The Labute approximate surface area is 129 Å². The number of carboxylic acids is 1. The van der Waals surface area contributed by atoms with E-state index >= 15 is 0 Å². The summed E-state index contributed by atoms with van der Waals surface area (Å²) in [4.78, 5) is 26.1. The highest BCUT2D eigenvalue weighted by molar-refractivity contribution is 6.30. The van der Waals surface area contributed by atoms with Gasteiger partial charge in [-0.1, -0.05) is 24.9 Å². The van der Waals surface area contributed by atoms with Crippen molar-refractivity contribution >= 4 is 23.5 Å². The van der Waals surface area contributed by atoms with Crippen molar-refractivity contribution < 1.29 is 14.7 Å². The van der Waals surface area contributed by atoms with Gasteiger partial charge >= 0.3 is 5.97 Å². The number of likely N-dealkylation sites (tertiary alicyclic amines) is 1. The van der Waals surface area contributed by atoms with Crippen LogP contribution in [0.2, 0.25) is 5.02 Å². The van der Waals surface area contributed by atoms with Gasteiger partial charge in [0.25, 0.3) is 5.91 Å². The fourth-order valence-electron chi connectivity index (χ4n) is 3.19. The van der Waals surface area contributed by atoms with Crippen LogP contribution in [0.5, 0.6) is 0 Å². The Morgan fingerprint density at radius 1 is 1.43 bits per heavy atom. The van der Waals surface area contributed by atoms with E-state index in [-0.39, 0.29) is 5.91 Å². The van der Waals surface area contributed by atoms with Crippen molar-refractivity contribution in [3.05, 3.63) is 34.3 Å². The normalized spacial score (nSPS) is 21.6. The number of halogens is 1. The molecule has 1 aliphatic heterocycles. The number of aliphatic carboxylic acids is 1. The first-order chi connectivity index (χ1) is 9.92. The van der Waals surface area contributed by atoms with E-state index in [9.17, 15) is 14.7 Å². The van der Waals surface area contributed by atoms with Gasteiger partial charge in [0.2, 0.25) is 0 Å². The number of nitrogens with zero attached hydrogens (tertiary/aromatic N) is 1. The molecule has 0 radical (unpaired) electrons. The summed E-state index contributed by atoms with van der Waals surface area (Å²) in [6, 6.07) is 5.07. The zero-order valence-electron chi connectivity index (χ0n) is 12.4. The van der Waals surface area contributed by atoms with Crippen molar-refractivity contribution in [2.45, 2.75) is 45.1 Å². The van der Waals surface area contributed by atoms with E-state index in [0.29, 0.717) is 30.0 Å². The molecule has 1 saturated heterocycles. The van der Waals surface area contributed by atoms with Crippen LogP contribution in [0.4, 0.5) is 0 Å². The molecule has 1 heterocycles. The number of hydrogen-bond donors (Lipinski definition) is 1. The predicted molar refractivity (Wildman–Crippen MR) is 81.7 cm³/mol. The van der Waals surface area contributed by atoms with Crippen LogP contribution in [0.3, 0.4) is 0 Å². The molecule has 21 heavy (non-hydrogen) atoms. The van der Waals surface area contributed by atoms with E-state index in [1.165, 1.54) is 4.90 Å². The van der Waals surface area contributed by atoms with E-state index in [1.54, 1.807) is 18.2 Å². The van der Waals surface area contributed by atoms with Crippen molar-refractivity contribution in [3.8, 4) is 0 Å². The van der Waals surface area contributed by atoms with Crippen LogP contribution in [0.15, 0.2) is 18.2 Å². The smallest absolute Gasteiger partial charge is 0.329 e. The molecule has 1 atom stereocenters. The third-order valence-electron chi connectivity index (χ3n) is 4.21. The van der Waals surface area contributed by atoms with Gasteiger partial charge in [0.05, 0.1) is 0 Å². The summed E-state index contributed by atoms with van der Waals surface area (Å²) in [5, 5.41) is 10.2. The van der Waals surface area contributed by atoms with E-state index in [4.69, 9.17) is 11.6 Å². The van der Waals surface area contributed by atoms with Gasteiger partial charge in [-0.25, -0.2) is 4.79 Å². The van der Waals surface area contributed by atoms with Gasteiger partial charge in [0.15, 0.2) is 0 Å². The fraction of sp³-hybridized carbons (Fsp3) is 0.500. The van der Waals surface area contributed by atoms with Crippen molar-refractivity contribution in [1.29, 1.82) is 0 Å². The molecule has 114 valence electrons. The molecule has 1 aromatic rings. The van der Waals surface area contributed by atoms with E-state index in [2.05, 4.69) is 0 Å². The molecule has 1 unspecified atom stereocenters. The van der Waals surface area contributed by atoms with E-state index in [1.807, 2.05) is 13.8 Å². The molecular weight excluding hydrogens is 290 g/mol. The van der Waals surface area contributed by atoms with Crippen LogP contribution in [-0.2, 0) is 4.79 Å². The van der Waals surface area contributed by atoms with Gasteiger partial charge in [-0.15, -0.1) is 0 Å². The molecular formula is C16H20ClNO3. The van der Waals surface area contributed by atoms with E-state index < -0.39 is 11.5 Å². The zero-order valence-corrected chi connectivity index (χ0v) is 13.1. The zero-order chi connectivity index (χ0) is 15.6. The third kappa shape index (κ3) is 2.77. The number of aryl methyl sites for hydroxylation is 1. The summed E-state index contributed by atoms with van der Waals surface area (Å²) in [7, 11) is 0. The topological polar surface area (TPSA) is 57.6 Å². The number of amides is 1. The van der Waals surface area contributed by atoms with Gasteiger partial charge in [-0.2, -0.15) is 0 Å². The molecule has 1 aromatic carbocycles. The third-order valence-corrected chi connectivity index (χ3v) is 4.45. The Kier molecular flexibility index (Phi) is 4.57. The minimum absolute atomic E-state index is 0.211. The molecule has 0 bridgehead atoms.